The van der Waals surface area contributed by atoms with Crippen LogP contribution in [0, 0.1) is 12.3 Å². The smallest absolute Gasteiger partial charge is 0.203 e. The largest absolute Gasteiger partial charge is 0.286 e. The third kappa shape index (κ3) is 1.71. The molecule has 1 saturated heterocycles. The van der Waals surface area contributed by atoms with Gasteiger partial charge in [0.2, 0.25) is 5.13 Å². The molecular formula is C8H13N5S. The maximum absolute atomic E-state index is 7.69. The highest BCUT2D eigenvalue weighted by Gasteiger charge is 2.23. The molecule has 2 heterocycles. The number of rotatable bonds is 2. The zero-order valence-corrected chi connectivity index (χ0v) is 9.06. The van der Waals surface area contributed by atoms with Crippen molar-refractivity contribution in [2.45, 2.75) is 13.3 Å². The maximum atomic E-state index is 7.69. The number of hydrogen-bond acceptors (Lipinski definition) is 5. The minimum Gasteiger partial charge on any atom is -0.286 e. The summed E-state index contributed by atoms with van der Waals surface area (Å²) in [6.07, 6.45) is 2.61. The first-order valence-corrected chi connectivity index (χ1v) is 5.26. The molecule has 1 aromatic heterocycles. The number of nitrogens with zero attached hydrogens (tertiary/aromatic N) is 3. The van der Waals surface area contributed by atoms with E-state index in [1.54, 1.807) is 16.5 Å². The number of aryl methyl sites for hydroxylation is 1. The van der Waals surface area contributed by atoms with Gasteiger partial charge in [0.1, 0.15) is 5.84 Å². The van der Waals surface area contributed by atoms with Gasteiger partial charge in [-0.05, 0) is 6.92 Å². The van der Waals surface area contributed by atoms with Crippen LogP contribution in [0.4, 0.5) is 5.13 Å². The van der Waals surface area contributed by atoms with Crippen LogP contribution >= 0.6 is 11.3 Å². The SMILES string of the molecule is Cc1cnc(NN2C(=N)CCN2C)s1. The van der Waals surface area contributed by atoms with Gasteiger partial charge in [-0.2, -0.15) is 0 Å². The van der Waals surface area contributed by atoms with Crippen molar-refractivity contribution in [1.82, 2.24) is 15.1 Å². The molecule has 6 heteroatoms. The van der Waals surface area contributed by atoms with E-state index in [-0.39, 0.29) is 0 Å². The van der Waals surface area contributed by atoms with Gasteiger partial charge < -0.3 is 0 Å². The summed E-state index contributed by atoms with van der Waals surface area (Å²) in [4.78, 5) is 5.36. The molecule has 0 atom stereocenters. The van der Waals surface area contributed by atoms with E-state index in [2.05, 4.69) is 10.4 Å². The molecular weight excluding hydrogens is 198 g/mol. The molecule has 0 bridgehead atoms. The molecule has 0 radical (unpaired) electrons. The number of hydrazine groups is 2. The van der Waals surface area contributed by atoms with Crippen molar-refractivity contribution in [2.24, 2.45) is 0 Å². The van der Waals surface area contributed by atoms with Crippen LogP contribution in [-0.2, 0) is 0 Å². The molecule has 1 aliphatic rings. The fourth-order valence-corrected chi connectivity index (χ4v) is 1.98. The van der Waals surface area contributed by atoms with Gasteiger partial charge in [0, 0.05) is 31.1 Å². The molecule has 0 spiro atoms. The van der Waals surface area contributed by atoms with Crippen LogP contribution in [0.25, 0.3) is 0 Å². The average Bonchev–Trinajstić information content (AvgIpc) is 2.67. The summed E-state index contributed by atoms with van der Waals surface area (Å²) >= 11 is 1.59. The molecule has 2 rings (SSSR count). The van der Waals surface area contributed by atoms with E-state index >= 15 is 0 Å². The Bertz CT molecular complexity index is 347. The van der Waals surface area contributed by atoms with Crippen LogP contribution in [0.1, 0.15) is 11.3 Å². The predicted octanol–water partition coefficient (Wildman–Crippen LogP) is 1.31. The van der Waals surface area contributed by atoms with Crippen LogP contribution in [0.15, 0.2) is 6.20 Å². The van der Waals surface area contributed by atoms with Gasteiger partial charge in [0.15, 0.2) is 0 Å². The first-order valence-electron chi connectivity index (χ1n) is 4.44. The highest BCUT2D eigenvalue weighted by atomic mass is 32.1. The van der Waals surface area contributed by atoms with Crippen molar-refractivity contribution in [1.29, 1.82) is 5.41 Å². The Kier molecular flexibility index (Phi) is 2.39. The molecule has 0 aliphatic carbocycles. The second kappa shape index (κ2) is 3.55. The fourth-order valence-electron chi connectivity index (χ4n) is 1.33. The van der Waals surface area contributed by atoms with Crippen LogP contribution in [0.5, 0.6) is 0 Å². The van der Waals surface area contributed by atoms with Gasteiger partial charge in [0.25, 0.3) is 0 Å². The van der Waals surface area contributed by atoms with Crippen molar-refractivity contribution < 1.29 is 0 Å². The van der Waals surface area contributed by atoms with Crippen molar-refractivity contribution in [3.8, 4) is 0 Å². The zero-order valence-electron chi connectivity index (χ0n) is 8.24. The number of nitrogens with one attached hydrogen (secondary N) is 2. The number of anilines is 1. The molecule has 0 amide bonds. The monoisotopic (exact) mass is 211 g/mol. The summed E-state index contributed by atoms with van der Waals surface area (Å²) in [7, 11) is 1.95. The highest BCUT2D eigenvalue weighted by Crippen LogP contribution is 2.19. The molecule has 0 aromatic carbocycles. The van der Waals surface area contributed by atoms with Gasteiger partial charge in [-0.25, -0.2) is 15.1 Å². The standard InChI is InChI=1S/C8H13N5S/c1-6-5-10-8(14-6)11-13-7(9)3-4-12(13)2/h5,9H,3-4H2,1-2H3,(H,10,11). The van der Waals surface area contributed by atoms with Crippen LogP contribution in [-0.4, -0.2) is 34.5 Å². The van der Waals surface area contributed by atoms with Crippen molar-refractivity contribution in [2.75, 3.05) is 19.0 Å². The lowest BCUT2D eigenvalue weighted by Crippen LogP contribution is -2.40. The van der Waals surface area contributed by atoms with E-state index in [9.17, 15) is 0 Å². The van der Waals surface area contributed by atoms with E-state index < -0.39 is 0 Å². The number of hydrogen-bond donors (Lipinski definition) is 2. The van der Waals surface area contributed by atoms with Gasteiger partial charge in [-0.3, -0.25) is 10.8 Å². The van der Waals surface area contributed by atoms with E-state index in [4.69, 9.17) is 5.41 Å². The quantitative estimate of drug-likeness (QED) is 0.774. The Morgan fingerprint density at radius 1 is 1.64 bits per heavy atom. The van der Waals surface area contributed by atoms with Gasteiger partial charge >= 0.3 is 0 Å². The van der Waals surface area contributed by atoms with Crippen LogP contribution < -0.4 is 5.43 Å². The summed E-state index contributed by atoms with van der Waals surface area (Å²) in [5.41, 5.74) is 3.10. The zero-order chi connectivity index (χ0) is 10.1. The first-order chi connectivity index (χ1) is 6.66. The first kappa shape index (κ1) is 9.42. The van der Waals surface area contributed by atoms with Crippen LogP contribution in [0.3, 0.4) is 0 Å². The summed E-state index contributed by atoms with van der Waals surface area (Å²) in [5.74, 6) is 0.584. The second-order valence-electron chi connectivity index (χ2n) is 3.28. The van der Waals surface area contributed by atoms with E-state index in [1.807, 2.05) is 25.2 Å². The second-order valence-corrected chi connectivity index (χ2v) is 4.51. The topological polar surface area (TPSA) is 55.3 Å². The summed E-state index contributed by atoms with van der Waals surface area (Å²) in [6.45, 7) is 2.90. The Hall–Kier alpha value is -1.14. The normalized spacial score (nSPS) is 17.9. The molecule has 1 aliphatic heterocycles. The maximum Gasteiger partial charge on any atom is 0.203 e. The van der Waals surface area contributed by atoms with E-state index in [1.165, 1.54) is 4.88 Å². The fraction of sp³-hybridized carbons (Fsp3) is 0.500. The van der Waals surface area contributed by atoms with Crippen molar-refractivity contribution in [3.05, 3.63) is 11.1 Å². The molecule has 1 fully saturated rings. The van der Waals surface area contributed by atoms with Crippen molar-refractivity contribution in [3.63, 3.8) is 0 Å². The third-order valence-corrected chi connectivity index (χ3v) is 2.91. The van der Waals surface area contributed by atoms with E-state index in [0.717, 1.165) is 18.1 Å². The Labute approximate surface area is 86.8 Å². The van der Waals surface area contributed by atoms with Crippen molar-refractivity contribution >= 4 is 22.3 Å². The molecule has 76 valence electrons. The minimum atomic E-state index is 0.584. The predicted molar refractivity (Wildman–Crippen MR) is 57.3 cm³/mol. The number of aromatic nitrogens is 1. The molecule has 2 N–H and O–H groups in total. The summed E-state index contributed by atoms with van der Waals surface area (Å²) < 4.78 is 0. The molecule has 1 aromatic rings. The molecule has 5 nitrogen and oxygen atoms in total. The summed E-state index contributed by atoms with van der Waals surface area (Å²) in [6, 6.07) is 0. The minimum absolute atomic E-state index is 0.584. The average molecular weight is 211 g/mol. The highest BCUT2D eigenvalue weighted by molar-refractivity contribution is 7.15. The van der Waals surface area contributed by atoms with Gasteiger partial charge in [-0.1, -0.05) is 0 Å². The lowest BCUT2D eigenvalue weighted by Gasteiger charge is -2.25. The van der Waals surface area contributed by atoms with Crippen LogP contribution in [0.2, 0.25) is 0 Å². The Morgan fingerprint density at radius 3 is 2.93 bits per heavy atom. The molecule has 0 saturated carbocycles. The lowest BCUT2D eigenvalue weighted by molar-refractivity contribution is 0.140. The number of thiazole rings is 1. The Balaban J connectivity index is 2.06. The lowest BCUT2D eigenvalue weighted by atomic mass is 10.4. The Morgan fingerprint density at radius 2 is 2.43 bits per heavy atom. The van der Waals surface area contributed by atoms with Gasteiger partial charge in [0.05, 0.1) is 0 Å². The molecule has 14 heavy (non-hydrogen) atoms. The van der Waals surface area contributed by atoms with Gasteiger partial charge in [-0.15, -0.1) is 11.3 Å². The molecule has 0 unspecified atom stereocenters. The number of amidine groups is 1. The van der Waals surface area contributed by atoms with E-state index in [0.29, 0.717) is 5.84 Å². The third-order valence-electron chi connectivity index (χ3n) is 2.09. The summed E-state index contributed by atoms with van der Waals surface area (Å²) in [5, 5.41) is 12.2.